The van der Waals surface area contributed by atoms with Gasteiger partial charge in [-0.15, -0.1) is 0 Å². The molecule has 0 fully saturated rings. The molecule has 1 N–H and O–H groups in total. The third kappa shape index (κ3) is 6.16. The average molecular weight is 464 g/mol. The van der Waals surface area contributed by atoms with Crippen LogP contribution >= 0.6 is 0 Å². The van der Waals surface area contributed by atoms with Crippen LogP contribution < -0.4 is 24.3 Å². The lowest BCUT2D eigenvalue weighted by Crippen LogP contribution is -2.09. The number of hydrogen-bond donors (Lipinski definition) is 1. The second-order valence-electron chi connectivity index (χ2n) is 7.13. The van der Waals surface area contributed by atoms with E-state index in [-0.39, 0.29) is 11.7 Å². The van der Waals surface area contributed by atoms with E-state index in [1.807, 2.05) is 36.4 Å². The second-order valence-corrected chi connectivity index (χ2v) is 7.13. The largest absolute Gasteiger partial charge is 0.495 e. The van der Waals surface area contributed by atoms with Crippen molar-refractivity contribution < 1.29 is 28.1 Å². The van der Waals surface area contributed by atoms with Crippen molar-refractivity contribution in [2.24, 2.45) is 0 Å². The molecule has 0 aromatic heterocycles. The maximum atomic E-state index is 13.0. The SMILES string of the molecule is COc1cc(/C=C/c2cc(OC)c(OC)c(OC)c2)ccc1NC(=O)/C=C/c1ccc(F)cc1. The first-order chi connectivity index (χ1) is 16.5. The minimum absolute atomic E-state index is 0.328. The normalized spacial score (nSPS) is 11.0. The zero-order valence-corrected chi connectivity index (χ0v) is 19.4. The van der Waals surface area contributed by atoms with Crippen LogP contribution in [-0.2, 0) is 4.79 Å². The minimum Gasteiger partial charge on any atom is -0.495 e. The fraction of sp³-hybridized carbons (Fsp3) is 0.148. The van der Waals surface area contributed by atoms with Crippen LogP contribution in [0.25, 0.3) is 18.2 Å². The highest BCUT2D eigenvalue weighted by Gasteiger charge is 2.12. The summed E-state index contributed by atoms with van der Waals surface area (Å²) >= 11 is 0. The van der Waals surface area contributed by atoms with Gasteiger partial charge in [-0.05, 0) is 59.2 Å². The van der Waals surface area contributed by atoms with Crippen LogP contribution in [0.4, 0.5) is 10.1 Å². The van der Waals surface area contributed by atoms with Crippen molar-refractivity contribution in [1.29, 1.82) is 0 Å². The van der Waals surface area contributed by atoms with Gasteiger partial charge in [0.15, 0.2) is 11.5 Å². The van der Waals surface area contributed by atoms with Crippen LogP contribution in [0.5, 0.6) is 23.0 Å². The average Bonchev–Trinajstić information content (AvgIpc) is 2.86. The summed E-state index contributed by atoms with van der Waals surface area (Å²) in [6.07, 6.45) is 6.80. The molecule has 3 aromatic rings. The van der Waals surface area contributed by atoms with Gasteiger partial charge in [-0.25, -0.2) is 4.39 Å². The van der Waals surface area contributed by atoms with E-state index in [0.717, 1.165) is 16.7 Å². The lowest BCUT2D eigenvalue weighted by Gasteiger charge is -2.13. The number of rotatable bonds is 9. The molecule has 176 valence electrons. The molecule has 0 bridgehead atoms. The molecule has 1 amide bonds. The van der Waals surface area contributed by atoms with Gasteiger partial charge < -0.3 is 24.3 Å². The van der Waals surface area contributed by atoms with Crippen molar-refractivity contribution in [3.8, 4) is 23.0 Å². The topological polar surface area (TPSA) is 66.0 Å². The summed E-state index contributed by atoms with van der Waals surface area (Å²) in [7, 11) is 6.22. The van der Waals surface area contributed by atoms with Gasteiger partial charge in [-0.2, -0.15) is 0 Å². The lowest BCUT2D eigenvalue weighted by atomic mass is 10.1. The number of hydrogen-bond acceptors (Lipinski definition) is 5. The first-order valence-electron chi connectivity index (χ1n) is 10.4. The summed E-state index contributed by atoms with van der Waals surface area (Å²) in [5.74, 6) is 1.50. The highest BCUT2D eigenvalue weighted by Crippen LogP contribution is 2.38. The maximum Gasteiger partial charge on any atom is 0.248 e. The molecule has 0 atom stereocenters. The maximum absolute atomic E-state index is 13.0. The number of benzene rings is 3. The fourth-order valence-electron chi connectivity index (χ4n) is 3.22. The van der Waals surface area contributed by atoms with E-state index >= 15 is 0 Å². The summed E-state index contributed by atoms with van der Waals surface area (Å²) in [6, 6.07) is 15.0. The lowest BCUT2D eigenvalue weighted by molar-refractivity contribution is -0.111. The van der Waals surface area contributed by atoms with Crippen LogP contribution in [0.15, 0.2) is 60.7 Å². The molecule has 0 aliphatic heterocycles. The molecule has 0 aliphatic carbocycles. The summed E-state index contributed by atoms with van der Waals surface area (Å²) in [4.78, 5) is 12.3. The summed E-state index contributed by atoms with van der Waals surface area (Å²) in [5.41, 5.74) is 2.97. The summed E-state index contributed by atoms with van der Waals surface area (Å²) in [5, 5.41) is 2.79. The third-order valence-corrected chi connectivity index (χ3v) is 4.94. The fourth-order valence-corrected chi connectivity index (χ4v) is 3.22. The number of amides is 1. The van der Waals surface area contributed by atoms with Crippen LogP contribution in [0.3, 0.4) is 0 Å². The van der Waals surface area contributed by atoms with Crippen LogP contribution in [-0.4, -0.2) is 34.3 Å². The van der Waals surface area contributed by atoms with Crippen molar-refractivity contribution >= 4 is 29.8 Å². The Morgan fingerprint density at radius 1 is 0.706 bits per heavy atom. The van der Waals surface area contributed by atoms with Crippen LogP contribution in [0.2, 0.25) is 0 Å². The molecule has 0 saturated heterocycles. The van der Waals surface area contributed by atoms with Gasteiger partial charge in [0.25, 0.3) is 0 Å². The van der Waals surface area contributed by atoms with Crippen molar-refractivity contribution in [3.63, 3.8) is 0 Å². The molecular formula is C27H26FNO5. The number of nitrogens with one attached hydrogen (secondary N) is 1. The number of carbonyl (C=O) groups excluding carboxylic acids is 1. The molecule has 0 spiro atoms. The van der Waals surface area contributed by atoms with Crippen LogP contribution in [0, 0.1) is 5.82 Å². The molecule has 6 nitrogen and oxygen atoms in total. The Bertz CT molecular complexity index is 1180. The molecule has 34 heavy (non-hydrogen) atoms. The van der Waals surface area contributed by atoms with E-state index < -0.39 is 0 Å². The molecule has 7 heteroatoms. The standard InChI is InChI=1S/C27H26FNO5/c1-31-23-15-19(5-6-20-16-24(32-2)27(34-4)25(17-20)33-3)9-13-22(23)29-26(30)14-10-18-7-11-21(28)12-8-18/h5-17H,1-4H3,(H,29,30)/b6-5+,14-10+. The monoisotopic (exact) mass is 463 g/mol. The predicted molar refractivity (Wildman–Crippen MR) is 132 cm³/mol. The molecular weight excluding hydrogens is 437 g/mol. The Hall–Kier alpha value is -4.26. The first-order valence-corrected chi connectivity index (χ1v) is 10.4. The number of halogens is 1. The number of anilines is 1. The van der Waals surface area contributed by atoms with Gasteiger partial charge in [-0.1, -0.05) is 30.4 Å². The molecule has 3 rings (SSSR count). The third-order valence-electron chi connectivity index (χ3n) is 4.94. The molecule has 0 radical (unpaired) electrons. The highest BCUT2D eigenvalue weighted by molar-refractivity contribution is 6.02. The van der Waals surface area contributed by atoms with E-state index in [4.69, 9.17) is 18.9 Å². The van der Waals surface area contributed by atoms with E-state index in [1.165, 1.54) is 25.3 Å². The van der Waals surface area contributed by atoms with Crippen molar-refractivity contribution in [3.05, 3.63) is 83.2 Å². The van der Waals surface area contributed by atoms with Gasteiger partial charge >= 0.3 is 0 Å². The summed E-state index contributed by atoms with van der Waals surface area (Å²) in [6.45, 7) is 0. The van der Waals surface area contributed by atoms with Gasteiger partial charge in [0.1, 0.15) is 11.6 Å². The van der Waals surface area contributed by atoms with Gasteiger partial charge in [0.05, 0.1) is 34.1 Å². The number of methoxy groups -OCH3 is 4. The van der Waals surface area contributed by atoms with Crippen molar-refractivity contribution in [2.45, 2.75) is 0 Å². The first kappa shape index (κ1) is 24.4. The number of carbonyl (C=O) groups is 1. The Morgan fingerprint density at radius 2 is 1.26 bits per heavy atom. The summed E-state index contributed by atoms with van der Waals surface area (Å²) < 4.78 is 34.6. The molecule has 3 aromatic carbocycles. The van der Waals surface area contributed by atoms with E-state index in [9.17, 15) is 9.18 Å². The zero-order chi connectivity index (χ0) is 24.5. The zero-order valence-electron chi connectivity index (χ0n) is 19.4. The van der Waals surface area contributed by atoms with Crippen molar-refractivity contribution in [2.75, 3.05) is 33.8 Å². The minimum atomic E-state index is -0.330. The molecule has 0 saturated carbocycles. The highest BCUT2D eigenvalue weighted by atomic mass is 19.1. The molecule has 0 aliphatic rings. The Kier molecular flexibility index (Phi) is 8.29. The van der Waals surface area contributed by atoms with E-state index in [1.54, 1.807) is 45.6 Å². The smallest absolute Gasteiger partial charge is 0.248 e. The number of ether oxygens (including phenoxy) is 4. The Labute approximate surface area is 198 Å². The van der Waals surface area contributed by atoms with Crippen molar-refractivity contribution in [1.82, 2.24) is 0 Å². The van der Waals surface area contributed by atoms with Gasteiger partial charge in [-0.3, -0.25) is 4.79 Å². The molecule has 0 heterocycles. The Balaban J connectivity index is 1.75. The molecule has 0 unspecified atom stereocenters. The van der Waals surface area contributed by atoms with E-state index in [0.29, 0.717) is 28.7 Å². The quantitative estimate of drug-likeness (QED) is 0.327. The van der Waals surface area contributed by atoms with Crippen LogP contribution in [0.1, 0.15) is 16.7 Å². The van der Waals surface area contributed by atoms with E-state index in [2.05, 4.69) is 5.32 Å². The van der Waals surface area contributed by atoms with Gasteiger partial charge in [0.2, 0.25) is 11.7 Å². The second kappa shape index (κ2) is 11.6. The van der Waals surface area contributed by atoms with Gasteiger partial charge in [0, 0.05) is 6.08 Å². The Morgan fingerprint density at radius 3 is 1.85 bits per heavy atom. The predicted octanol–water partition coefficient (Wildman–Crippen LogP) is 5.68.